The Kier molecular flexibility index (Phi) is 5.84. The van der Waals surface area contributed by atoms with E-state index in [2.05, 4.69) is 20.7 Å². The van der Waals surface area contributed by atoms with Crippen LogP contribution in [0.3, 0.4) is 0 Å². The van der Waals surface area contributed by atoms with Crippen molar-refractivity contribution in [3.8, 4) is 5.75 Å². The summed E-state index contributed by atoms with van der Waals surface area (Å²) in [5.41, 5.74) is 5.52. The number of aryl methyl sites for hydroxylation is 1. The van der Waals surface area contributed by atoms with E-state index in [0.717, 1.165) is 16.9 Å². The van der Waals surface area contributed by atoms with Crippen molar-refractivity contribution in [3.63, 3.8) is 0 Å². The lowest BCUT2D eigenvalue weighted by Crippen LogP contribution is -2.08. The molecular formula is C20H20N4O3. The van der Waals surface area contributed by atoms with Gasteiger partial charge in [-0.2, -0.15) is 10.2 Å². The molecular weight excluding hydrogens is 344 g/mol. The van der Waals surface area contributed by atoms with Crippen LogP contribution < -0.4 is 10.2 Å². The van der Waals surface area contributed by atoms with E-state index in [0.29, 0.717) is 17.1 Å². The lowest BCUT2D eigenvalue weighted by molar-refractivity contribution is 0.0473. The Morgan fingerprint density at radius 3 is 2.63 bits per heavy atom. The predicted molar refractivity (Wildman–Crippen MR) is 103 cm³/mol. The van der Waals surface area contributed by atoms with Gasteiger partial charge in [-0.25, -0.2) is 4.79 Å². The molecule has 0 spiro atoms. The van der Waals surface area contributed by atoms with Gasteiger partial charge in [0, 0.05) is 5.69 Å². The molecule has 0 unspecified atom stereocenters. The Labute approximate surface area is 157 Å². The van der Waals surface area contributed by atoms with E-state index < -0.39 is 5.97 Å². The van der Waals surface area contributed by atoms with Crippen LogP contribution in [0.5, 0.6) is 5.75 Å². The lowest BCUT2D eigenvalue weighted by Gasteiger charge is -2.06. The van der Waals surface area contributed by atoms with Crippen molar-refractivity contribution in [3.05, 3.63) is 77.0 Å². The molecule has 0 saturated carbocycles. The number of esters is 1. The number of aromatic amines is 1. The molecule has 0 amide bonds. The number of anilines is 1. The minimum atomic E-state index is -0.466. The van der Waals surface area contributed by atoms with Crippen molar-refractivity contribution in [2.75, 3.05) is 12.5 Å². The first-order valence-corrected chi connectivity index (χ1v) is 8.36. The number of hydrazone groups is 1. The third-order valence-corrected chi connectivity index (χ3v) is 3.86. The highest BCUT2D eigenvalue weighted by atomic mass is 16.5. The van der Waals surface area contributed by atoms with Crippen LogP contribution in [-0.4, -0.2) is 29.5 Å². The quantitative estimate of drug-likeness (QED) is 0.380. The molecule has 0 aliphatic carbocycles. The van der Waals surface area contributed by atoms with Gasteiger partial charge < -0.3 is 9.47 Å². The zero-order valence-corrected chi connectivity index (χ0v) is 15.1. The third kappa shape index (κ3) is 4.72. The monoisotopic (exact) mass is 364 g/mol. The molecule has 27 heavy (non-hydrogen) atoms. The van der Waals surface area contributed by atoms with Gasteiger partial charge in [0.2, 0.25) is 0 Å². The number of carbonyl (C=O) groups is 1. The highest BCUT2D eigenvalue weighted by molar-refractivity contribution is 5.96. The summed E-state index contributed by atoms with van der Waals surface area (Å²) in [6.07, 6.45) is 1.63. The summed E-state index contributed by atoms with van der Waals surface area (Å²) in [6.45, 7) is 1.95. The Hall–Kier alpha value is -3.61. The number of nitrogens with one attached hydrogen (secondary N) is 2. The summed E-state index contributed by atoms with van der Waals surface area (Å²) in [5, 5.41) is 11.0. The molecule has 2 aromatic carbocycles. The topological polar surface area (TPSA) is 88.6 Å². The van der Waals surface area contributed by atoms with E-state index in [1.165, 1.54) is 0 Å². The minimum Gasteiger partial charge on any atom is -0.497 e. The lowest BCUT2D eigenvalue weighted by atomic mass is 10.2. The van der Waals surface area contributed by atoms with Crippen LogP contribution in [0.1, 0.15) is 27.2 Å². The molecule has 0 saturated heterocycles. The second kappa shape index (κ2) is 8.66. The van der Waals surface area contributed by atoms with Crippen LogP contribution in [0.15, 0.2) is 59.7 Å². The molecule has 3 aromatic rings. The number of carbonyl (C=O) groups excluding carboxylic acids is 1. The number of nitrogens with zero attached hydrogens (tertiary/aromatic N) is 2. The molecule has 3 rings (SSSR count). The maximum Gasteiger partial charge on any atom is 0.344 e. The Balaban J connectivity index is 1.64. The number of rotatable bonds is 7. The molecule has 0 atom stereocenters. The number of aromatic nitrogens is 2. The fourth-order valence-corrected chi connectivity index (χ4v) is 2.41. The van der Waals surface area contributed by atoms with E-state index >= 15 is 0 Å². The Bertz CT molecular complexity index is 918. The van der Waals surface area contributed by atoms with Gasteiger partial charge in [0.1, 0.15) is 17.9 Å². The normalized spacial score (nSPS) is 10.7. The summed E-state index contributed by atoms with van der Waals surface area (Å²) in [6, 6.07) is 16.9. The SMILES string of the molecule is COc1ccc(/C=N/Nc2n[nH]c(C)c2C(=O)OCc2ccccc2)cc1. The maximum absolute atomic E-state index is 12.4. The van der Waals surface area contributed by atoms with Gasteiger partial charge in [0.15, 0.2) is 5.82 Å². The first-order valence-electron chi connectivity index (χ1n) is 8.36. The first-order chi connectivity index (χ1) is 13.2. The van der Waals surface area contributed by atoms with E-state index in [-0.39, 0.29) is 6.61 Å². The van der Waals surface area contributed by atoms with Crippen LogP contribution in [0, 0.1) is 6.92 Å². The third-order valence-electron chi connectivity index (χ3n) is 3.86. The summed E-state index contributed by atoms with van der Waals surface area (Å²) in [5.74, 6) is 0.619. The fraction of sp³-hybridized carbons (Fsp3) is 0.150. The average Bonchev–Trinajstić information content (AvgIpc) is 3.08. The van der Waals surface area contributed by atoms with Gasteiger partial charge in [-0.1, -0.05) is 30.3 Å². The molecule has 0 radical (unpaired) electrons. The van der Waals surface area contributed by atoms with Gasteiger partial charge in [0.05, 0.1) is 13.3 Å². The van der Waals surface area contributed by atoms with Crippen molar-refractivity contribution in [2.45, 2.75) is 13.5 Å². The first kappa shape index (κ1) is 18.2. The standard InChI is InChI=1S/C20H20N4O3/c1-14-18(20(25)27-13-16-6-4-3-5-7-16)19(24-22-14)23-21-12-15-8-10-17(26-2)11-9-15/h3-12H,13H2,1-2H3,(H2,22,23,24)/b21-12+. The molecule has 2 N–H and O–H groups in total. The van der Waals surface area contributed by atoms with Crippen LogP contribution in [0.4, 0.5) is 5.82 Å². The van der Waals surface area contributed by atoms with Gasteiger partial charge >= 0.3 is 5.97 Å². The highest BCUT2D eigenvalue weighted by Gasteiger charge is 2.19. The van der Waals surface area contributed by atoms with E-state index in [4.69, 9.17) is 9.47 Å². The van der Waals surface area contributed by atoms with Crippen LogP contribution in [-0.2, 0) is 11.3 Å². The number of hydrogen-bond donors (Lipinski definition) is 2. The number of ether oxygens (including phenoxy) is 2. The maximum atomic E-state index is 12.4. The number of benzene rings is 2. The number of hydrogen-bond acceptors (Lipinski definition) is 6. The predicted octanol–water partition coefficient (Wildman–Crippen LogP) is 3.53. The van der Waals surface area contributed by atoms with E-state index in [1.807, 2.05) is 54.6 Å². The number of methoxy groups -OCH3 is 1. The Morgan fingerprint density at radius 1 is 1.19 bits per heavy atom. The van der Waals surface area contributed by atoms with E-state index in [1.54, 1.807) is 20.2 Å². The summed E-state index contributed by atoms with van der Waals surface area (Å²) >= 11 is 0. The van der Waals surface area contributed by atoms with E-state index in [9.17, 15) is 4.79 Å². The molecule has 7 heteroatoms. The summed E-state index contributed by atoms with van der Waals surface area (Å²) in [7, 11) is 1.61. The van der Waals surface area contributed by atoms with Crippen molar-refractivity contribution >= 4 is 18.0 Å². The molecule has 0 aliphatic rings. The van der Waals surface area contributed by atoms with Crippen molar-refractivity contribution in [2.24, 2.45) is 5.10 Å². The summed E-state index contributed by atoms with van der Waals surface area (Å²) < 4.78 is 10.5. The van der Waals surface area contributed by atoms with Gasteiger partial charge in [-0.15, -0.1) is 0 Å². The fourth-order valence-electron chi connectivity index (χ4n) is 2.41. The Morgan fingerprint density at radius 2 is 1.93 bits per heavy atom. The van der Waals surface area contributed by atoms with Gasteiger partial charge in [0.25, 0.3) is 0 Å². The zero-order valence-electron chi connectivity index (χ0n) is 15.1. The molecule has 0 aliphatic heterocycles. The average molecular weight is 364 g/mol. The van der Waals surface area contributed by atoms with Crippen LogP contribution >= 0.6 is 0 Å². The molecule has 138 valence electrons. The second-order valence-corrected chi connectivity index (χ2v) is 5.78. The second-order valence-electron chi connectivity index (χ2n) is 5.78. The smallest absolute Gasteiger partial charge is 0.344 e. The molecule has 1 heterocycles. The largest absolute Gasteiger partial charge is 0.497 e. The molecule has 1 aromatic heterocycles. The van der Waals surface area contributed by atoms with Crippen LogP contribution in [0.25, 0.3) is 0 Å². The van der Waals surface area contributed by atoms with Crippen molar-refractivity contribution < 1.29 is 14.3 Å². The number of H-pyrrole nitrogens is 1. The summed E-state index contributed by atoms with van der Waals surface area (Å²) in [4.78, 5) is 12.4. The van der Waals surface area contributed by atoms with Gasteiger partial charge in [-0.05, 0) is 42.3 Å². The van der Waals surface area contributed by atoms with Crippen LogP contribution in [0.2, 0.25) is 0 Å². The molecule has 0 fully saturated rings. The van der Waals surface area contributed by atoms with Crippen molar-refractivity contribution in [1.82, 2.24) is 10.2 Å². The minimum absolute atomic E-state index is 0.193. The highest BCUT2D eigenvalue weighted by Crippen LogP contribution is 2.18. The van der Waals surface area contributed by atoms with Crippen molar-refractivity contribution in [1.29, 1.82) is 0 Å². The van der Waals surface area contributed by atoms with Gasteiger partial charge in [-0.3, -0.25) is 10.5 Å². The zero-order chi connectivity index (χ0) is 19.1. The molecule has 7 nitrogen and oxygen atoms in total. The molecule has 0 bridgehead atoms.